The molecule has 4 nitrogen and oxygen atoms in total. The van der Waals surface area contributed by atoms with Gasteiger partial charge in [0.05, 0.1) is 0 Å². The first kappa shape index (κ1) is 24.6. The molecule has 0 aliphatic rings. The SMILES string of the molecule is C[Si](C)(OP(=O)(O)O)C(C(F)(F)CC(F)(F)F)C(F)(F)CC(F)(F)F. The van der Waals surface area contributed by atoms with Gasteiger partial charge in [0.1, 0.15) is 18.4 Å². The van der Waals surface area contributed by atoms with Crippen molar-refractivity contribution < 1.29 is 62.5 Å². The van der Waals surface area contributed by atoms with Gasteiger partial charge < -0.3 is 14.0 Å². The zero-order chi connectivity index (χ0) is 20.7. The molecule has 0 bridgehead atoms. The van der Waals surface area contributed by atoms with Crippen molar-refractivity contribution in [1.82, 2.24) is 0 Å². The van der Waals surface area contributed by atoms with E-state index in [1.807, 2.05) is 0 Å². The largest absolute Gasteiger partial charge is 0.459 e. The van der Waals surface area contributed by atoms with Gasteiger partial charge in [0.15, 0.2) is 0 Å². The predicted octanol–water partition coefficient (Wildman–Crippen LogP) is 4.85. The summed E-state index contributed by atoms with van der Waals surface area (Å²) in [4.78, 5) is 17.2. The zero-order valence-corrected chi connectivity index (χ0v) is 14.3. The van der Waals surface area contributed by atoms with Crippen LogP contribution in [0.15, 0.2) is 0 Å². The van der Waals surface area contributed by atoms with Crippen molar-refractivity contribution in [2.75, 3.05) is 0 Å². The first-order valence-corrected chi connectivity index (χ1v) is 10.7. The average Bonchev–Trinajstić information content (AvgIpc) is 1.98. The number of phosphoric acid groups is 1. The van der Waals surface area contributed by atoms with Crippen molar-refractivity contribution >= 4 is 16.1 Å². The number of hydrogen-bond acceptors (Lipinski definition) is 2. The lowest BCUT2D eigenvalue weighted by Gasteiger charge is -2.41. The van der Waals surface area contributed by atoms with Crippen LogP contribution in [0.5, 0.6) is 0 Å². The Bertz CT molecular complexity index is 483. The smallest absolute Gasteiger partial charge is 0.329 e. The molecule has 152 valence electrons. The number of hydrogen-bond donors (Lipinski definition) is 2. The monoisotopic (exact) mass is 434 g/mol. The highest BCUT2D eigenvalue weighted by Crippen LogP contribution is 2.58. The normalized spacial score (nSPS) is 15.8. The molecule has 0 rings (SSSR count). The van der Waals surface area contributed by atoms with E-state index >= 15 is 0 Å². The maximum absolute atomic E-state index is 13.9. The van der Waals surface area contributed by atoms with Crippen LogP contribution in [0, 0.1) is 0 Å². The molecule has 0 fully saturated rings. The number of halogens is 10. The van der Waals surface area contributed by atoms with Crippen molar-refractivity contribution in [3.8, 4) is 0 Å². The summed E-state index contributed by atoms with van der Waals surface area (Å²) >= 11 is 0. The summed E-state index contributed by atoms with van der Waals surface area (Å²) < 4.78 is 143. The lowest BCUT2D eigenvalue weighted by molar-refractivity contribution is -0.230. The first-order valence-electron chi connectivity index (χ1n) is 6.14. The van der Waals surface area contributed by atoms with Gasteiger partial charge in [-0.3, -0.25) is 0 Å². The van der Waals surface area contributed by atoms with E-state index in [0.29, 0.717) is 0 Å². The molecule has 0 aliphatic carbocycles. The fourth-order valence-corrected chi connectivity index (χ4v) is 7.54. The lowest BCUT2D eigenvalue weighted by atomic mass is 10.0. The summed E-state index contributed by atoms with van der Waals surface area (Å²) in [5.41, 5.74) is -4.01. The van der Waals surface area contributed by atoms with Gasteiger partial charge in [0.2, 0.25) is 8.32 Å². The Labute approximate surface area is 135 Å². The summed E-state index contributed by atoms with van der Waals surface area (Å²) in [7, 11) is -11.0. The van der Waals surface area contributed by atoms with Gasteiger partial charge in [0.25, 0.3) is 11.8 Å². The highest BCUT2D eigenvalue weighted by Gasteiger charge is 2.68. The maximum atomic E-state index is 13.9. The molecule has 0 aromatic rings. The van der Waals surface area contributed by atoms with E-state index < -0.39 is 58.7 Å². The molecule has 0 atom stereocenters. The summed E-state index contributed by atoms with van der Waals surface area (Å²) in [5, 5.41) is 0. The summed E-state index contributed by atoms with van der Waals surface area (Å²) in [6.45, 7) is 0.538. The van der Waals surface area contributed by atoms with Gasteiger partial charge in [-0.25, -0.2) is 22.1 Å². The zero-order valence-electron chi connectivity index (χ0n) is 12.4. The van der Waals surface area contributed by atoms with Crippen LogP contribution < -0.4 is 0 Å². The molecule has 0 radical (unpaired) electrons. The second-order valence-corrected chi connectivity index (χ2v) is 11.2. The Balaban J connectivity index is 6.19. The van der Waals surface area contributed by atoms with E-state index in [4.69, 9.17) is 9.79 Å². The predicted molar refractivity (Wildman–Crippen MR) is 65.6 cm³/mol. The Kier molecular flexibility index (Phi) is 6.88. The van der Waals surface area contributed by atoms with Crippen LogP contribution in [0.2, 0.25) is 18.6 Å². The number of alkyl halides is 10. The van der Waals surface area contributed by atoms with Crippen LogP contribution in [0.3, 0.4) is 0 Å². The van der Waals surface area contributed by atoms with Crippen LogP contribution in [-0.4, -0.2) is 42.3 Å². The average molecular weight is 434 g/mol. The molecule has 0 amide bonds. The summed E-state index contributed by atoms with van der Waals surface area (Å²) in [6.07, 6.45) is -17.9. The van der Waals surface area contributed by atoms with Crippen molar-refractivity contribution in [3.63, 3.8) is 0 Å². The van der Waals surface area contributed by atoms with Crippen LogP contribution in [0.25, 0.3) is 0 Å². The Morgan fingerprint density at radius 3 is 1.32 bits per heavy atom. The molecule has 0 aromatic carbocycles. The topological polar surface area (TPSA) is 66.8 Å². The Hall–Kier alpha value is -0.373. The summed E-state index contributed by atoms with van der Waals surface area (Å²) in [5.74, 6) is -10.9. The van der Waals surface area contributed by atoms with Crippen molar-refractivity contribution in [3.05, 3.63) is 0 Å². The number of rotatable bonds is 7. The van der Waals surface area contributed by atoms with Crippen LogP contribution in [-0.2, 0) is 8.78 Å². The van der Waals surface area contributed by atoms with E-state index in [-0.39, 0.29) is 13.1 Å². The van der Waals surface area contributed by atoms with Crippen LogP contribution >= 0.6 is 7.82 Å². The van der Waals surface area contributed by atoms with Gasteiger partial charge in [-0.1, -0.05) is 0 Å². The summed E-state index contributed by atoms with van der Waals surface area (Å²) in [6, 6.07) is 0. The molecule has 0 unspecified atom stereocenters. The minimum absolute atomic E-state index is 0.269. The molecular formula is C9H13F10O4PSi. The second-order valence-electron chi connectivity index (χ2n) is 5.72. The van der Waals surface area contributed by atoms with E-state index in [1.54, 1.807) is 0 Å². The molecule has 2 N–H and O–H groups in total. The molecule has 0 aliphatic heterocycles. The maximum Gasteiger partial charge on any atom is 0.459 e. The highest BCUT2D eigenvalue weighted by atomic mass is 31.2. The second kappa shape index (κ2) is 6.98. The molecule has 0 heterocycles. The van der Waals surface area contributed by atoms with E-state index in [1.165, 1.54) is 0 Å². The molecule has 0 aromatic heterocycles. The Morgan fingerprint density at radius 1 is 0.840 bits per heavy atom. The lowest BCUT2D eigenvalue weighted by Crippen LogP contribution is -2.55. The highest BCUT2D eigenvalue weighted by molar-refractivity contribution is 7.48. The Morgan fingerprint density at radius 2 is 1.12 bits per heavy atom. The van der Waals surface area contributed by atoms with Gasteiger partial charge in [-0.05, 0) is 13.1 Å². The molecule has 25 heavy (non-hydrogen) atoms. The fraction of sp³-hybridized carbons (Fsp3) is 1.00. The van der Waals surface area contributed by atoms with Crippen LogP contribution in [0.4, 0.5) is 43.9 Å². The third kappa shape index (κ3) is 8.71. The molecule has 0 spiro atoms. The molecule has 0 saturated carbocycles. The van der Waals surface area contributed by atoms with Gasteiger partial charge in [-0.2, -0.15) is 26.3 Å². The fourth-order valence-electron chi connectivity index (χ4n) is 2.42. The van der Waals surface area contributed by atoms with E-state index in [9.17, 15) is 48.5 Å². The molecular weight excluding hydrogens is 421 g/mol. The van der Waals surface area contributed by atoms with Crippen molar-refractivity contribution in [2.45, 2.75) is 55.7 Å². The molecule has 0 saturated heterocycles. The minimum Gasteiger partial charge on any atom is -0.329 e. The van der Waals surface area contributed by atoms with E-state index in [2.05, 4.69) is 4.21 Å². The van der Waals surface area contributed by atoms with Gasteiger partial charge in [0, 0.05) is 0 Å². The quantitative estimate of drug-likeness (QED) is 0.342. The van der Waals surface area contributed by atoms with Gasteiger partial charge in [-0.15, -0.1) is 0 Å². The molecule has 16 heteroatoms. The van der Waals surface area contributed by atoms with Gasteiger partial charge >= 0.3 is 20.2 Å². The standard InChI is InChI=1S/C9H13F10O4PSi/c1-25(2,23-24(20,21)22)5(6(10,11)3-8(14,15)16)7(12,13)4-9(17,18)19/h5H,3-4H2,1-2H3,(H2,20,21,22). The van der Waals surface area contributed by atoms with Crippen molar-refractivity contribution in [2.24, 2.45) is 0 Å². The van der Waals surface area contributed by atoms with Crippen LogP contribution in [0.1, 0.15) is 12.8 Å². The first-order chi connectivity index (χ1) is 10.5. The minimum atomic E-state index is -5.75. The third-order valence-corrected chi connectivity index (χ3v) is 7.84. The van der Waals surface area contributed by atoms with Crippen molar-refractivity contribution in [1.29, 1.82) is 0 Å². The third-order valence-electron chi connectivity index (χ3n) is 2.77. The van der Waals surface area contributed by atoms with E-state index in [0.717, 1.165) is 0 Å².